The second kappa shape index (κ2) is 3.32. The molecule has 0 saturated heterocycles. The monoisotopic (exact) mass is 171 g/mol. The number of hydrogen-bond acceptors (Lipinski definition) is 3. The fourth-order valence-electron chi connectivity index (χ4n) is 0.696. The number of rotatable bonds is 1. The van der Waals surface area contributed by atoms with Crippen molar-refractivity contribution in [3.8, 4) is 0 Å². The Hall–Kier alpha value is -0.120. The third-order valence-electron chi connectivity index (χ3n) is 1.28. The first-order chi connectivity index (χ1) is 4.74. The average Bonchev–Trinajstić information content (AvgIpc) is 1.95. The van der Waals surface area contributed by atoms with Crippen molar-refractivity contribution in [1.82, 2.24) is 0 Å². The van der Waals surface area contributed by atoms with Gasteiger partial charge in [-0.15, -0.1) is 25.3 Å². The fourth-order valence-corrected chi connectivity index (χ4v) is 1.08. The van der Waals surface area contributed by atoms with Gasteiger partial charge in [-0.1, -0.05) is 6.07 Å². The van der Waals surface area contributed by atoms with E-state index in [0.717, 1.165) is 15.4 Å². The van der Waals surface area contributed by atoms with Crippen LogP contribution in [0.3, 0.4) is 0 Å². The molecule has 0 radical (unpaired) electrons. The number of thiol groups is 2. The number of nitrogens with two attached hydrogens (primary N) is 1. The van der Waals surface area contributed by atoms with Crippen molar-refractivity contribution in [3.63, 3.8) is 0 Å². The summed E-state index contributed by atoms with van der Waals surface area (Å²) in [7, 11) is 0. The largest absolute Gasteiger partial charge is 0.326 e. The smallest absolute Gasteiger partial charge is 0.0178 e. The molecule has 0 atom stereocenters. The van der Waals surface area contributed by atoms with Crippen molar-refractivity contribution in [2.24, 2.45) is 5.73 Å². The van der Waals surface area contributed by atoms with E-state index in [2.05, 4.69) is 25.3 Å². The summed E-state index contributed by atoms with van der Waals surface area (Å²) in [6, 6.07) is 5.77. The average molecular weight is 171 g/mol. The Balaban J connectivity index is 3.04. The van der Waals surface area contributed by atoms with Crippen LogP contribution in [0.1, 0.15) is 5.56 Å². The highest BCUT2D eigenvalue weighted by Gasteiger charge is 1.93. The summed E-state index contributed by atoms with van der Waals surface area (Å²) in [5.41, 5.74) is 6.50. The number of benzene rings is 1. The molecule has 1 aromatic rings. The maximum absolute atomic E-state index is 5.41. The summed E-state index contributed by atoms with van der Waals surface area (Å²) in [6.45, 7) is 0.557. The van der Waals surface area contributed by atoms with Crippen LogP contribution in [0.25, 0.3) is 0 Å². The molecule has 1 aromatic carbocycles. The lowest BCUT2D eigenvalue weighted by atomic mass is 10.2. The normalized spacial score (nSPS) is 9.90. The lowest BCUT2D eigenvalue weighted by Crippen LogP contribution is -1.95. The molecular weight excluding hydrogens is 162 g/mol. The first kappa shape index (κ1) is 7.98. The Morgan fingerprint density at radius 2 is 1.90 bits per heavy atom. The van der Waals surface area contributed by atoms with Crippen molar-refractivity contribution in [2.45, 2.75) is 16.3 Å². The Kier molecular flexibility index (Phi) is 2.65. The molecule has 54 valence electrons. The Bertz CT molecular complexity index is 235. The van der Waals surface area contributed by atoms with E-state index in [4.69, 9.17) is 5.73 Å². The molecule has 2 N–H and O–H groups in total. The van der Waals surface area contributed by atoms with Crippen LogP contribution in [-0.4, -0.2) is 0 Å². The van der Waals surface area contributed by atoms with E-state index in [0.29, 0.717) is 6.54 Å². The molecule has 0 aliphatic carbocycles. The predicted molar refractivity (Wildman–Crippen MR) is 48.8 cm³/mol. The molecule has 3 heteroatoms. The van der Waals surface area contributed by atoms with Crippen molar-refractivity contribution < 1.29 is 0 Å². The molecule has 0 heterocycles. The van der Waals surface area contributed by atoms with Gasteiger partial charge in [0, 0.05) is 16.3 Å². The molecule has 1 rings (SSSR count). The van der Waals surface area contributed by atoms with E-state index < -0.39 is 0 Å². The molecule has 0 saturated carbocycles. The molecule has 0 amide bonds. The molecule has 0 spiro atoms. The minimum absolute atomic E-state index is 0.557. The lowest BCUT2D eigenvalue weighted by molar-refractivity contribution is 1.04. The molecule has 0 aliphatic heterocycles. The maximum Gasteiger partial charge on any atom is 0.0178 e. The van der Waals surface area contributed by atoms with Gasteiger partial charge in [0.2, 0.25) is 0 Å². The van der Waals surface area contributed by atoms with Gasteiger partial charge in [-0.25, -0.2) is 0 Å². The number of hydrogen-bond donors (Lipinski definition) is 3. The zero-order valence-electron chi connectivity index (χ0n) is 5.41. The zero-order chi connectivity index (χ0) is 7.56. The standard InChI is InChI=1S/C7H9NS2/c8-4-5-1-2-6(9)7(10)3-5/h1-3,9-10H,4,8H2. The molecule has 0 aliphatic rings. The highest BCUT2D eigenvalue weighted by Crippen LogP contribution is 2.18. The topological polar surface area (TPSA) is 26.0 Å². The van der Waals surface area contributed by atoms with Crippen LogP contribution in [0.4, 0.5) is 0 Å². The third-order valence-corrected chi connectivity index (χ3v) is 2.21. The van der Waals surface area contributed by atoms with Crippen LogP contribution in [0, 0.1) is 0 Å². The Morgan fingerprint density at radius 3 is 2.40 bits per heavy atom. The van der Waals surface area contributed by atoms with E-state index in [-0.39, 0.29) is 0 Å². The molecular formula is C7H9NS2. The first-order valence-corrected chi connectivity index (χ1v) is 3.84. The molecule has 0 unspecified atom stereocenters. The molecule has 1 nitrogen and oxygen atoms in total. The first-order valence-electron chi connectivity index (χ1n) is 2.95. The summed E-state index contributed by atoms with van der Waals surface area (Å²) < 4.78 is 0. The zero-order valence-corrected chi connectivity index (χ0v) is 7.20. The van der Waals surface area contributed by atoms with Gasteiger partial charge in [-0.2, -0.15) is 0 Å². The lowest BCUT2D eigenvalue weighted by Gasteiger charge is -1.99. The van der Waals surface area contributed by atoms with Gasteiger partial charge < -0.3 is 5.73 Å². The minimum atomic E-state index is 0.557. The Morgan fingerprint density at radius 1 is 1.20 bits per heavy atom. The molecule has 0 aromatic heterocycles. The van der Waals surface area contributed by atoms with Crippen LogP contribution in [0.5, 0.6) is 0 Å². The minimum Gasteiger partial charge on any atom is -0.326 e. The molecule has 0 bridgehead atoms. The van der Waals surface area contributed by atoms with Crippen LogP contribution in [0.15, 0.2) is 28.0 Å². The van der Waals surface area contributed by atoms with Gasteiger partial charge in [0.1, 0.15) is 0 Å². The van der Waals surface area contributed by atoms with Crippen molar-refractivity contribution in [1.29, 1.82) is 0 Å². The maximum atomic E-state index is 5.41. The van der Waals surface area contributed by atoms with Crippen LogP contribution in [-0.2, 0) is 6.54 Å². The second-order valence-corrected chi connectivity index (χ2v) is 2.99. The van der Waals surface area contributed by atoms with Crippen LogP contribution < -0.4 is 5.73 Å². The summed E-state index contributed by atoms with van der Waals surface area (Å²) in [5.74, 6) is 0. The third kappa shape index (κ3) is 1.68. The van der Waals surface area contributed by atoms with Gasteiger partial charge in [-0.3, -0.25) is 0 Å². The highest BCUT2D eigenvalue weighted by molar-refractivity contribution is 7.83. The summed E-state index contributed by atoms with van der Waals surface area (Å²) >= 11 is 8.36. The quantitative estimate of drug-likeness (QED) is 0.551. The fraction of sp³-hybridized carbons (Fsp3) is 0.143. The summed E-state index contributed by atoms with van der Waals surface area (Å²) in [6.07, 6.45) is 0. The highest BCUT2D eigenvalue weighted by atomic mass is 32.1. The van der Waals surface area contributed by atoms with Gasteiger partial charge >= 0.3 is 0 Å². The molecule has 10 heavy (non-hydrogen) atoms. The van der Waals surface area contributed by atoms with Gasteiger partial charge in [0.15, 0.2) is 0 Å². The summed E-state index contributed by atoms with van der Waals surface area (Å²) in [4.78, 5) is 1.77. The molecule has 0 fully saturated rings. The van der Waals surface area contributed by atoms with Crippen molar-refractivity contribution in [3.05, 3.63) is 23.8 Å². The van der Waals surface area contributed by atoms with E-state index in [9.17, 15) is 0 Å². The van der Waals surface area contributed by atoms with E-state index >= 15 is 0 Å². The van der Waals surface area contributed by atoms with Crippen molar-refractivity contribution in [2.75, 3.05) is 0 Å². The second-order valence-electron chi connectivity index (χ2n) is 2.03. The van der Waals surface area contributed by atoms with Crippen molar-refractivity contribution >= 4 is 25.3 Å². The van der Waals surface area contributed by atoms with E-state index in [1.54, 1.807) is 0 Å². The van der Waals surface area contributed by atoms with Gasteiger partial charge in [-0.05, 0) is 17.7 Å². The van der Waals surface area contributed by atoms with E-state index in [1.165, 1.54) is 0 Å². The Labute approximate surface area is 71.4 Å². The van der Waals surface area contributed by atoms with Crippen LogP contribution >= 0.6 is 25.3 Å². The SMILES string of the molecule is NCc1ccc(S)c(S)c1. The van der Waals surface area contributed by atoms with Crippen LogP contribution in [0.2, 0.25) is 0 Å². The summed E-state index contributed by atoms with van der Waals surface area (Å²) in [5, 5.41) is 0. The van der Waals surface area contributed by atoms with Gasteiger partial charge in [0.25, 0.3) is 0 Å². The predicted octanol–water partition coefficient (Wildman–Crippen LogP) is 1.72. The van der Waals surface area contributed by atoms with E-state index in [1.807, 2.05) is 18.2 Å². The van der Waals surface area contributed by atoms with Gasteiger partial charge in [0.05, 0.1) is 0 Å².